The summed E-state index contributed by atoms with van der Waals surface area (Å²) < 4.78 is 10.8. The Morgan fingerprint density at radius 1 is 1.17 bits per heavy atom. The Labute approximate surface area is 212 Å². The number of tetrazole rings is 1. The van der Waals surface area contributed by atoms with Crippen molar-refractivity contribution >= 4 is 23.2 Å². The third-order valence-corrected chi connectivity index (χ3v) is 6.04. The number of nitrogens with one attached hydrogen (secondary N) is 1. The predicted molar refractivity (Wildman–Crippen MR) is 134 cm³/mol. The van der Waals surface area contributed by atoms with Crippen LogP contribution in [0.1, 0.15) is 37.5 Å². The van der Waals surface area contributed by atoms with Crippen LogP contribution in [0.4, 0.5) is 0 Å². The maximum Gasteiger partial charge on any atom is 0.251 e. The lowest BCUT2D eigenvalue weighted by molar-refractivity contribution is -0.143. The van der Waals surface area contributed by atoms with Crippen molar-refractivity contribution in [3.8, 4) is 17.1 Å². The standard InChI is InChI=1S/C25H28N6O4S/c1-25(2,3)26-24(33)22(20-8-5-13-35-20)30(15-19-7-6-14-36-19)21(32)16-31-28-23(27-29-31)17-9-11-18(34-4)12-10-17/h5-14,22H,15-16H2,1-4H3,(H,26,33)/t22-/m1/s1. The first-order valence-corrected chi connectivity index (χ1v) is 12.2. The molecule has 1 aromatic carbocycles. The molecule has 0 saturated carbocycles. The molecule has 0 aliphatic rings. The van der Waals surface area contributed by atoms with Crippen molar-refractivity contribution in [2.45, 2.75) is 45.4 Å². The molecule has 2 amide bonds. The monoisotopic (exact) mass is 508 g/mol. The summed E-state index contributed by atoms with van der Waals surface area (Å²) in [5, 5.41) is 17.4. The molecule has 0 fully saturated rings. The van der Waals surface area contributed by atoms with Gasteiger partial charge in [-0.15, -0.1) is 21.5 Å². The number of carbonyl (C=O) groups is 2. The van der Waals surface area contributed by atoms with Gasteiger partial charge >= 0.3 is 0 Å². The van der Waals surface area contributed by atoms with E-state index in [9.17, 15) is 9.59 Å². The zero-order valence-electron chi connectivity index (χ0n) is 20.5. The van der Waals surface area contributed by atoms with Crippen LogP contribution >= 0.6 is 11.3 Å². The lowest BCUT2D eigenvalue weighted by Gasteiger charge is -2.32. The van der Waals surface area contributed by atoms with Crippen molar-refractivity contribution in [2.24, 2.45) is 0 Å². The Balaban J connectivity index is 1.61. The highest BCUT2D eigenvalue weighted by Crippen LogP contribution is 2.27. The van der Waals surface area contributed by atoms with E-state index in [-0.39, 0.29) is 24.9 Å². The summed E-state index contributed by atoms with van der Waals surface area (Å²) in [6.07, 6.45) is 1.49. The highest BCUT2D eigenvalue weighted by atomic mass is 32.1. The van der Waals surface area contributed by atoms with Crippen LogP contribution in [0.3, 0.4) is 0 Å². The number of benzene rings is 1. The molecule has 4 rings (SSSR count). The number of furan rings is 1. The molecule has 10 nitrogen and oxygen atoms in total. The SMILES string of the molecule is COc1ccc(-c2nnn(CC(=O)N(Cc3cccs3)[C@@H](C(=O)NC(C)(C)C)c3ccco3)n2)cc1. The molecule has 0 spiro atoms. The van der Waals surface area contributed by atoms with E-state index < -0.39 is 11.6 Å². The molecular weight excluding hydrogens is 480 g/mol. The topological polar surface area (TPSA) is 115 Å². The summed E-state index contributed by atoms with van der Waals surface area (Å²) in [4.78, 5) is 30.7. The summed E-state index contributed by atoms with van der Waals surface area (Å²) in [5.74, 6) is 0.763. The second-order valence-electron chi connectivity index (χ2n) is 9.13. The van der Waals surface area contributed by atoms with E-state index in [4.69, 9.17) is 9.15 Å². The van der Waals surface area contributed by atoms with Gasteiger partial charge < -0.3 is 19.4 Å². The summed E-state index contributed by atoms with van der Waals surface area (Å²) in [6.45, 7) is 5.68. The number of amides is 2. The van der Waals surface area contributed by atoms with Crippen LogP contribution in [-0.4, -0.2) is 49.6 Å². The summed E-state index contributed by atoms with van der Waals surface area (Å²) in [6, 6.07) is 13.5. The summed E-state index contributed by atoms with van der Waals surface area (Å²) >= 11 is 1.50. The molecule has 0 radical (unpaired) electrons. The highest BCUT2D eigenvalue weighted by molar-refractivity contribution is 7.09. The van der Waals surface area contributed by atoms with E-state index in [2.05, 4.69) is 20.7 Å². The molecule has 1 atom stereocenters. The van der Waals surface area contributed by atoms with Crippen molar-refractivity contribution in [1.82, 2.24) is 30.4 Å². The van der Waals surface area contributed by atoms with Gasteiger partial charge in [0.05, 0.1) is 19.9 Å². The van der Waals surface area contributed by atoms with E-state index >= 15 is 0 Å². The maximum atomic E-state index is 13.6. The average Bonchev–Trinajstić information content (AvgIpc) is 3.61. The van der Waals surface area contributed by atoms with Crippen molar-refractivity contribution in [1.29, 1.82) is 0 Å². The molecule has 0 bridgehead atoms. The summed E-state index contributed by atoms with van der Waals surface area (Å²) in [7, 11) is 1.59. The van der Waals surface area contributed by atoms with Crippen molar-refractivity contribution in [2.75, 3.05) is 7.11 Å². The number of thiophene rings is 1. The first-order valence-electron chi connectivity index (χ1n) is 11.3. The fourth-order valence-corrected chi connectivity index (χ4v) is 4.28. The molecule has 3 heterocycles. The van der Waals surface area contributed by atoms with Crippen LogP contribution in [0.15, 0.2) is 64.6 Å². The minimum Gasteiger partial charge on any atom is -0.497 e. The van der Waals surface area contributed by atoms with E-state index in [1.54, 1.807) is 31.4 Å². The van der Waals surface area contributed by atoms with Crippen LogP contribution in [-0.2, 0) is 22.7 Å². The second kappa shape index (κ2) is 10.7. The Hall–Kier alpha value is -3.99. The molecule has 36 heavy (non-hydrogen) atoms. The van der Waals surface area contributed by atoms with Crippen molar-refractivity contribution in [3.63, 3.8) is 0 Å². The Bertz CT molecular complexity index is 1280. The minimum absolute atomic E-state index is 0.200. The number of hydrogen-bond acceptors (Lipinski definition) is 8. The van der Waals surface area contributed by atoms with E-state index in [0.717, 1.165) is 10.4 Å². The third-order valence-electron chi connectivity index (χ3n) is 5.18. The number of methoxy groups -OCH3 is 1. The van der Waals surface area contributed by atoms with E-state index in [0.29, 0.717) is 17.3 Å². The number of rotatable bonds is 9. The molecule has 1 N–H and O–H groups in total. The van der Waals surface area contributed by atoms with Crippen LogP contribution < -0.4 is 10.1 Å². The van der Waals surface area contributed by atoms with Crippen LogP contribution in [0.5, 0.6) is 5.75 Å². The molecular formula is C25H28N6O4S. The molecule has 3 aromatic heterocycles. The zero-order valence-corrected chi connectivity index (χ0v) is 21.4. The maximum absolute atomic E-state index is 13.6. The Kier molecular flexibility index (Phi) is 7.49. The van der Waals surface area contributed by atoms with E-state index in [1.807, 2.05) is 50.4 Å². The first kappa shape index (κ1) is 25.1. The average molecular weight is 509 g/mol. The van der Waals surface area contributed by atoms with Crippen LogP contribution in [0.2, 0.25) is 0 Å². The van der Waals surface area contributed by atoms with Gasteiger partial charge in [-0.25, -0.2) is 0 Å². The molecule has 188 valence electrons. The van der Waals surface area contributed by atoms with Gasteiger partial charge in [-0.1, -0.05) is 6.07 Å². The number of nitrogens with zero attached hydrogens (tertiary/aromatic N) is 5. The minimum atomic E-state index is -0.974. The van der Waals surface area contributed by atoms with Gasteiger partial charge in [0, 0.05) is 16.0 Å². The zero-order chi connectivity index (χ0) is 25.7. The lowest BCUT2D eigenvalue weighted by atomic mass is 10.1. The normalized spacial score (nSPS) is 12.2. The molecule has 0 unspecified atom stereocenters. The Morgan fingerprint density at radius 3 is 2.56 bits per heavy atom. The molecule has 0 saturated heterocycles. The lowest BCUT2D eigenvalue weighted by Crippen LogP contribution is -2.49. The van der Waals surface area contributed by atoms with Crippen molar-refractivity contribution in [3.05, 3.63) is 70.8 Å². The van der Waals surface area contributed by atoms with Gasteiger partial charge in [-0.05, 0) is 73.8 Å². The van der Waals surface area contributed by atoms with Crippen LogP contribution in [0.25, 0.3) is 11.4 Å². The number of aromatic nitrogens is 4. The van der Waals surface area contributed by atoms with Gasteiger partial charge in [-0.3, -0.25) is 9.59 Å². The molecule has 0 aliphatic heterocycles. The Morgan fingerprint density at radius 2 is 1.94 bits per heavy atom. The third kappa shape index (κ3) is 6.16. The van der Waals surface area contributed by atoms with E-state index in [1.165, 1.54) is 27.3 Å². The number of hydrogen-bond donors (Lipinski definition) is 1. The van der Waals surface area contributed by atoms with Crippen LogP contribution in [0, 0.1) is 0 Å². The van der Waals surface area contributed by atoms with Gasteiger partial charge in [0.25, 0.3) is 5.91 Å². The van der Waals surface area contributed by atoms with Gasteiger partial charge in [0.15, 0.2) is 6.04 Å². The second-order valence-corrected chi connectivity index (χ2v) is 10.2. The van der Waals surface area contributed by atoms with Gasteiger partial charge in [0.1, 0.15) is 18.1 Å². The fourth-order valence-electron chi connectivity index (χ4n) is 3.58. The number of carbonyl (C=O) groups excluding carboxylic acids is 2. The largest absolute Gasteiger partial charge is 0.497 e. The molecule has 11 heteroatoms. The molecule has 4 aromatic rings. The first-order chi connectivity index (χ1) is 17.2. The fraction of sp³-hybridized carbons (Fsp3) is 0.320. The van der Waals surface area contributed by atoms with Gasteiger partial charge in [0.2, 0.25) is 11.7 Å². The van der Waals surface area contributed by atoms with Crippen molar-refractivity contribution < 1.29 is 18.7 Å². The summed E-state index contributed by atoms with van der Waals surface area (Å²) in [5.41, 5.74) is 0.239. The molecule has 0 aliphatic carbocycles. The number of ether oxygens (including phenoxy) is 1. The highest BCUT2D eigenvalue weighted by Gasteiger charge is 2.35. The predicted octanol–water partition coefficient (Wildman–Crippen LogP) is 3.69. The quantitative estimate of drug-likeness (QED) is 0.367. The smallest absolute Gasteiger partial charge is 0.251 e. The van der Waals surface area contributed by atoms with Gasteiger partial charge in [-0.2, -0.15) is 4.80 Å².